The number of rotatable bonds is 21. The predicted octanol–water partition coefficient (Wildman–Crippen LogP) is 13.5. The number of Topliss-reactive ketones (excluding diaryl/α,β-unsaturated/α-hetero) is 6. The van der Waals surface area contributed by atoms with Gasteiger partial charge in [-0.05, 0) is 66.3 Å². The molecular formula is C89H94ClN7O9. The number of aromatic nitrogens is 1. The molecule has 1 aromatic heterocycles. The first-order valence-corrected chi connectivity index (χ1v) is 36.4. The first kappa shape index (κ1) is 78.1. The summed E-state index contributed by atoms with van der Waals surface area (Å²) in [4.78, 5) is 136. The van der Waals surface area contributed by atoms with Crippen LogP contribution in [0.25, 0.3) is 0 Å². The largest absolute Gasteiger partial charge is 0.348 e. The highest BCUT2D eigenvalue weighted by Crippen LogP contribution is 2.46. The van der Waals surface area contributed by atoms with Crippen molar-refractivity contribution in [1.29, 1.82) is 0 Å². The quantitative estimate of drug-likeness (QED) is 0.0619. The Morgan fingerprint density at radius 1 is 0.321 bits per heavy atom. The standard InChI is InChI=1S/C30H31ClN2O3.C30H32N2O3.C29H31N3O3/c1-20-23(15-10-16-26(20)31)28-24(29(35)21-11-6-4-7-12-21)17-33(19-27(34)32(2)3)18-25(28)30(36)22-13-8-5-9-14-22;1-21-12-10-11-17-24(21)28-25(29(34)22-13-6-4-7-14-22)18-32(20-27(33)31(2)3)19-26(28)30(35)23-15-8-5-9-16-23;1-20-16-30-15-14-23(20)27-24(28(34)21-10-6-4-7-11-21)17-32(19-26(33)31(2)3)18-25(27)29(35)22-12-8-5-9-13-22/h4-16,24-25,28H,17-19H2,1-3H3;4-17,25-26,28H,18-20H2,1-3H3;4-16,24-25,27H,17-19H2,1-3H3/t24-,25-;25-,26-;24-,25-/m000/s1. The van der Waals surface area contributed by atoms with E-state index < -0.39 is 35.5 Å². The Bertz CT molecular complexity index is 4170. The summed E-state index contributed by atoms with van der Waals surface area (Å²) < 4.78 is 0. The Labute approximate surface area is 628 Å². The Hall–Kier alpha value is -10.5. The van der Waals surface area contributed by atoms with E-state index in [1.54, 1.807) is 64.5 Å². The van der Waals surface area contributed by atoms with Gasteiger partial charge in [-0.15, -0.1) is 0 Å². The van der Waals surface area contributed by atoms with Crippen LogP contribution in [0.3, 0.4) is 0 Å². The summed E-state index contributed by atoms with van der Waals surface area (Å²) in [5.74, 6) is -4.18. The Morgan fingerprint density at radius 2 is 0.566 bits per heavy atom. The highest BCUT2D eigenvalue weighted by Gasteiger charge is 2.49. The summed E-state index contributed by atoms with van der Waals surface area (Å²) >= 11 is 6.52. The molecule has 0 unspecified atom stereocenters. The third kappa shape index (κ3) is 18.9. The monoisotopic (exact) mass is 1440 g/mol. The smallest absolute Gasteiger partial charge is 0.236 e. The maximum absolute atomic E-state index is 14.0. The SMILES string of the molecule is Cc1c(Cl)cccc1C1[C@@H](C(=O)c2ccccc2)CN(CC(=O)N(C)C)C[C@@H]1C(=O)c1ccccc1.Cc1ccccc1C1[C@@H](C(=O)c2ccccc2)CN(CC(=O)N(C)C)C[C@@H]1C(=O)c1ccccc1.Cc1cnccc1C1[C@@H](C(=O)c2ccccc2)CN(CC(=O)N(C)C)C[C@@H]1C(=O)c1ccccc1. The minimum Gasteiger partial charge on any atom is -0.348 e. The summed E-state index contributed by atoms with van der Waals surface area (Å²) in [6.07, 6.45) is 3.50. The van der Waals surface area contributed by atoms with Gasteiger partial charge in [0.05, 0.1) is 19.6 Å². The van der Waals surface area contributed by atoms with Gasteiger partial charge in [0.25, 0.3) is 0 Å². The summed E-state index contributed by atoms with van der Waals surface area (Å²) in [5, 5.41) is 0.606. The molecule has 8 aromatic carbocycles. The molecule has 0 bridgehead atoms. The third-order valence-electron chi connectivity index (χ3n) is 20.9. The van der Waals surface area contributed by atoms with Crippen molar-refractivity contribution < 1.29 is 43.2 Å². The average molecular weight is 1440 g/mol. The lowest BCUT2D eigenvalue weighted by Gasteiger charge is -2.43. The molecule has 3 aliphatic heterocycles. The van der Waals surface area contributed by atoms with Crippen LogP contribution in [0.2, 0.25) is 5.02 Å². The van der Waals surface area contributed by atoms with Crippen molar-refractivity contribution in [3.63, 3.8) is 0 Å². The topological polar surface area (TPSA) is 186 Å². The fraction of sp³-hybridized carbons (Fsp3) is 0.303. The number of carbonyl (C=O) groups excluding carboxylic acids is 9. The Morgan fingerprint density at radius 3 is 0.830 bits per heavy atom. The normalized spacial score (nSPS) is 18.7. The number of piperidine rings is 3. The zero-order chi connectivity index (χ0) is 75.7. The zero-order valence-corrected chi connectivity index (χ0v) is 62.6. The molecule has 6 atom stereocenters. The molecule has 0 radical (unpaired) electrons. The fourth-order valence-electron chi connectivity index (χ4n) is 15.3. The van der Waals surface area contributed by atoms with Gasteiger partial charge in [0.2, 0.25) is 17.7 Å². The van der Waals surface area contributed by atoms with E-state index in [0.717, 1.165) is 33.4 Å². The zero-order valence-electron chi connectivity index (χ0n) is 61.8. The minimum absolute atomic E-state index is 0.00622. The van der Waals surface area contributed by atoms with Crippen molar-refractivity contribution in [2.24, 2.45) is 35.5 Å². The summed E-state index contributed by atoms with van der Waals surface area (Å²) in [6, 6.07) is 70.9. The van der Waals surface area contributed by atoms with Crippen LogP contribution < -0.4 is 0 Å². The highest BCUT2D eigenvalue weighted by molar-refractivity contribution is 6.31. The van der Waals surface area contributed by atoms with Gasteiger partial charge < -0.3 is 14.7 Å². The van der Waals surface area contributed by atoms with Crippen LogP contribution >= 0.6 is 11.6 Å². The van der Waals surface area contributed by atoms with Crippen LogP contribution in [0.4, 0.5) is 0 Å². The van der Waals surface area contributed by atoms with E-state index in [0.29, 0.717) is 77.7 Å². The molecule has 0 saturated carbocycles. The van der Waals surface area contributed by atoms with Gasteiger partial charge in [-0.1, -0.05) is 230 Å². The van der Waals surface area contributed by atoms with Crippen molar-refractivity contribution in [2.75, 3.05) is 101 Å². The third-order valence-corrected chi connectivity index (χ3v) is 21.3. The second-order valence-corrected chi connectivity index (χ2v) is 29.0. The van der Waals surface area contributed by atoms with Crippen LogP contribution in [0.15, 0.2) is 243 Å². The minimum atomic E-state index is -0.522. The molecule has 12 rings (SSSR count). The number of ketones is 6. The molecule has 17 heteroatoms. The fourth-order valence-corrected chi connectivity index (χ4v) is 15.5. The number of aryl methyl sites for hydroxylation is 2. The molecule has 3 amide bonds. The Kier molecular flexibility index (Phi) is 26.9. The van der Waals surface area contributed by atoms with E-state index in [2.05, 4.69) is 4.98 Å². The molecule has 106 heavy (non-hydrogen) atoms. The molecule has 3 fully saturated rings. The number of likely N-dealkylation sites (tertiary alicyclic amines) is 3. The Balaban J connectivity index is 0.000000170. The molecular weight excluding hydrogens is 1350 g/mol. The van der Waals surface area contributed by atoms with Gasteiger partial charge in [-0.25, -0.2) is 0 Å². The number of halogens is 1. The molecule has 0 aliphatic carbocycles. The molecule has 3 aliphatic rings. The lowest BCUT2D eigenvalue weighted by Crippen LogP contribution is -2.52. The molecule has 546 valence electrons. The van der Waals surface area contributed by atoms with Gasteiger partial charge >= 0.3 is 0 Å². The van der Waals surface area contributed by atoms with E-state index in [9.17, 15) is 43.2 Å². The van der Waals surface area contributed by atoms with Gasteiger partial charge in [0.15, 0.2) is 34.7 Å². The predicted molar refractivity (Wildman–Crippen MR) is 416 cm³/mol. The van der Waals surface area contributed by atoms with E-state index >= 15 is 0 Å². The van der Waals surface area contributed by atoms with Gasteiger partial charge in [-0.2, -0.15) is 0 Å². The second-order valence-electron chi connectivity index (χ2n) is 28.6. The van der Waals surface area contributed by atoms with Crippen LogP contribution in [0.1, 0.15) is 113 Å². The number of carbonyl (C=O) groups is 9. The molecule has 4 heterocycles. The number of nitrogens with zero attached hydrogens (tertiary/aromatic N) is 7. The van der Waals surface area contributed by atoms with E-state index in [4.69, 9.17) is 11.6 Å². The van der Waals surface area contributed by atoms with E-state index in [1.807, 2.05) is 266 Å². The van der Waals surface area contributed by atoms with Crippen molar-refractivity contribution in [1.82, 2.24) is 34.4 Å². The van der Waals surface area contributed by atoms with Crippen LogP contribution in [0, 0.1) is 56.3 Å². The number of likely N-dealkylation sites (N-methyl/N-ethyl adjacent to an activating group) is 3. The second kappa shape index (κ2) is 36.5. The van der Waals surface area contributed by atoms with Crippen LogP contribution in [0.5, 0.6) is 0 Å². The number of benzene rings is 8. The van der Waals surface area contributed by atoms with Crippen molar-refractivity contribution in [3.8, 4) is 0 Å². The van der Waals surface area contributed by atoms with Crippen molar-refractivity contribution in [2.45, 2.75) is 38.5 Å². The van der Waals surface area contributed by atoms with Crippen LogP contribution in [-0.2, 0) is 14.4 Å². The lowest BCUT2D eigenvalue weighted by molar-refractivity contribution is -0.131. The average Bonchev–Trinajstić information content (AvgIpc) is 0.756. The van der Waals surface area contributed by atoms with Crippen molar-refractivity contribution in [3.05, 3.63) is 315 Å². The lowest BCUT2D eigenvalue weighted by atomic mass is 9.68. The van der Waals surface area contributed by atoms with E-state index in [1.165, 1.54) is 4.90 Å². The summed E-state index contributed by atoms with van der Waals surface area (Å²) in [6.45, 7) is 8.82. The van der Waals surface area contributed by atoms with Crippen LogP contribution in [-0.4, -0.2) is 188 Å². The molecule has 9 aromatic rings. The highest BCUT2D eigenvalue weighted by atomic mass is 35.5. The maximum Gasteiger partial charge on any atom is 0.236 e. The molecule has 0 spiro atoms. The van der Waals surface area contributed by atoms with Gasteiger partial charge in [0, 0.05) is 186 Å². The van der Waals surface area contributed by atoms with Gasteiger partial charge in [-0.3, -0.25) is 62.8 Å². The van der Waals surface area contributed by atoms with Crippen molar-refractivity contribution >= 4 is 64.0 Å². The number of pyridine rings is 1. The molecule has 16 nitrogen and oxygen atoms in total. The molecule has 0 N–H and O–H groups in total. The van der Waals surface area contributed by atoms with Gasteiger partial charge in [0.1, 0.15) is 0 Å². The van der Waals surface area contributed by atoms with E-state index in [-0.39, 0.29) is 89.8 Å². The number of hydrogen-bond donors (Lipinski definition) is 0. The summed E-state index contributed by atoms with van der Waals surface area (Å²) in [7, 11) is 10.3. The maximum atomic E-state index is 14.0. The number of hydrogen-bond acceptors (Lipinski definition) is 13. The molecule has 3 saturated heterocycles. The first-order chi connectivity index (χ1) is 51.0. The summed E-state index contributed by atoms with van der Waals surface area (Å²) in [5.41, 5.74) is 9.45. The first-order valence-electron chi connectivity index (χ1n) is 36.0. The number of amides is 3.